The summed E-state index contributed by atoms with van der Waals surface area (Å²) in [5.41, 5.74) is 4.69. The third kappa shape index (κ3) is 2.47. The highest BCUT2D eigenvalue weighted by Crippen LogP contribution is 2.32. The topological polar surface area (TPSA) is 29.9 Å². The number of hydrogen-bond acceptors (Lipinski definition) is 2. The van der Waals surface area contributed by atoms with E-state index in [-0.39, 0.29) is 23.0 Å². The van der Waals surface area contributed by atoms with Gasteiger partial charge in [0.25, 0.3) is 0 Å². The molecule has 0 aliphatic carbocycles. The largest absolute Gasteiger partial charge is 0.319 e. The van der Waals surface area contributed by atoms with Crippen LogP contribution in [-0.4, -0.2) is 9.55 Å². The fourth-order valence-electron chi connectivity index (χ4n) is 2.95. The quantitative estimate of drug-likeness (QED) is 0.686. The number of pyridine rings is 1. The minimum absolute atomic E-state index is 0. The van der Waals surface area contributed by atoms with E-state index in [0.29, 0.717) is 0 Å². The molecule has 3 nitrogen and oxygen atoms in total. The Hall–Kier alpha value is -1.62. The molecule has 1 N–H and O–H groups in total. The number of halogens is 2. The summed E-state index contributed by atoms with van der Waals surface area (Å²) in [5.74, 6) is 0. The van der Waals surface area contributed by atoms with E-state index in [1.165, 1.54) is 11.3 Å². The molecule has 4 rings (SSSR count). The molecule has 0 radical (unpaired) electrons. The first-order valence-corrected chi connectivity index (χ1v) is 7.31. The molecule has 112 valence electrons. The van der Waals surface area contributed by atoms with Crippen LogP contribution in [-0.2, 0) is 6.54 Å². The molecule has 5 heteroatoms. The molecular weight excluding hydrogens is 362 g/mol. The van der Waals surface area contributed by atoms with Gasteiger partial charge in [-0.3, -0.25) is 4.98 Å². The van der Waals surface area contributed by atoms with Gasteiger partial charge < -0.3 is 9.88 Å². The van der Waals surface area contributed by atoms with Gasteiger partial charge in [-0.1, -0.05) is 17.7 Å². The first-order chi connectivity index (χ1) is 10.3. The van der Waals surface area contributed by atoms with Gasteiger partial charge >= 0.3 is 0 Å². The summed E-state index contributed by atoms with van der Waals surface area (Å²) < 4.78 is 2.21. The zero-order chi connectivity index (χ0) is 14.2. The van der Waals surface area contributed by atoms with E-state index < -0.39 is 0 Å². The minimum atomic E-state index is 0. The molecule has 0 fully saturated rings. The number of hydrogen-bond donors (Lipinski definition) is 1. The van der Waals surface area contributed by atoms with Crippen LogP contribution in [0.15, 0.2) is 61.1 Å². The Morgan fingerprint density at radius 1 is 1.09 bits per heavy atom. The summed E-state index contributed by atoms with van der Waals surface area (Å²) in [4.78, 5) is 4.11. The Labute approximate surface area is 144 Å². The van der Waals surface area contributed by atoms with Crippen LogP contribution in [0.4, 0.5) is 0 Å². The van der Waals surface area contributed by atoms with Crippen molar-refractivity contribution in [3.63, 3.8) is 0 Å². The molecule has 1 aromatic carbocycles. The summed E-state index contributed by atoms with van der Waals surface area (Å²) in [6.45, 7) is 0.740. The molecule has 1 aliphatic rings. The second-order valence-corrected chi connectivity index (χ2v) is 5.54. The predicted molar refractivity (Wildman–Crippen MR) is 94.0 cm³/mol. The second kappa shape index (κ2) is 6.24. The predicted octanol–water partition coefficient (Wildman–Crippen LogP) is 4.30. The molecular formula is C17H15BrClN3. The Morgan fingerprint density at radius 2 is 1.91 bits per heavy atom. The van der Waals surface area contributed by atoms with Gasteiger partial charge in [-0.05, 0) is 42.0 Å². The number of aromatic nitrogens is 2. The molecule has 1 aliphatic heterocycles. The highest BCUT2D eigenvalue weighted by atomic mass is 79.9. The van der Waals surface area contributed by atoms with Crippen molar-refractivity contribution in [1.82, 2.24) is 14.9 Å². The van der Waals surface area contributed by atoms with Crippen molar-refractivity contribution in [2.75, 3.05) is 0 Å². The van der Waals surface area contributed by atoms with E-state index in [9.17, 15) is 0 Å². The van der Waals surface area contributed by atoms with Gasteiger partial charge in [0.2, 0.25) is 0 Å². The van der Waals surface area contributed by atoms with Crippen LogP contribution in [0.3, 0.4) is 0 Å². The summed E-state index contributed by atoms with van der Waals surface area (Å²) in [5, 5.41) is 4.41. The van der Waals surface area contributed by atoms with Crippen LogP contribution < -0.4 is 5.32 Å². The lowest BCUT2D eigenvalue weighted by Crippen LogP contribution is -2.21. The first-order valence-electron chi connectivity index (χ1n) is 6.93. The third-order valence-corrected chi connectivity index (χ3v) is 4.31. The van der Waals surface area contributed by atoms with E-state index in [4.69, 9.17) is 11.6 Å². The van der Waals surface area contributed by atoms with Crippen molar-refractivity contribution >= 4 is 28.6 Å². The maximum atomic E-state index is 6.38. The SMILES string of the molecule is Br.Clc1cccc2c1CNC(c1ccncc1)c1cccn1-2. The fraction of sp³-hybridized carbons (Fsp3) is 0.118. The average Bonchev–Trinajstić information content (AvgIpc) is 2.93. The maximum absolute atomic E-state index is 6.38. The molecule has 22 heavy (non-hydrogen) atoms. The number of nitrogens with one attached hydrogen (secondary N) is 1. The van der Waals surface area contributed by atoms with Gasteiger partial charge in [0.15, 0.2) is 0 Å². The van der Waals surface area contributed by atoms with Crippen LogP contribution in [0.25, 0.3) is 5.69 Å². The summed E-state index contributed by atoms with van der Waals surface area (Å²) in [6, 6.07) is 14.5. The Morgan fingerprint density at radius 3 is 2.73 bits per heavy atom. The molecule has 3 heterocycles. The Kier molecular flexibility index (Phi) is 4.34. The Bertz CT molecular complexity index is 786. The highest BCUT2D eigenvalue weighted by Gasteiger charge is 2.23. The van der Waals surface area contributed by atoms with Crippen LogP contribution in [0.2, 0.25) is 5.02 Å². The second-order valence-electron chi connectivity index (χ2n) is 5.14. The van der Waals surface area contributed by atoms with Crippen LogP contribution in [0.5, 0.6) is 0 Å². The zero-order valence-electron chi connectivity index (χ0n) is 11.7. The average molecular weight is 377 g/mol. The van der Waals surface area contributed by atoms with E-state index in [1.54, 1.807) is 0 Å². The molecule has 0 amide bonds. The number of nitrogens with zero attached hydrogens (tertiary/aromatic N) is 2. The lowest BCUT2D eigenvalue weighted by molar-refractivity contribution is 0.600. The van der Waals surface area contributed by atoms with Crippen molar-refractivity contribution in [3.05, 3.63) is 82.9 Å². The maximum Gasteiger partial charge on any atom is 0.0738 e. The lowest BCUT2D eigenvalue weighted by atomic mass is 10.1. The van der Waals surface area contributed by atoms with Gasteiger partial charge in [0.1, 0.15) is 0 Å². The van der Waals surface area contributed by atoms with Crippen molar-refractivity contribution < 1.29 is 0 Å². The van der Waals surface area contributed by atoms with E-state index in [2.05, 4.69) is 39.3 Å². The molecule has 2 aromatic heterocycles. The van der Waals surface area contributed by atoms with Crippen molar-refractivity contribution in [1.29, 1.82) is 0 Å². The molecule has 1 atom stereocenters. The van der Waals surface area contributed by atoms with Crippen molar-refractivity contribution in [3.8, 4) is 5.69 Å². The van der Waals surface area contributed by atoms with E-state index >= 15 is 0 Å². The normalized spacial score (nSPS) is 16.1. The summed E-state index contributed by atoms with van der Waals surface area (Å²) in [7, 11) is 0. The smallest absolute Gasteiger partial charge is 0.0738 e. The summed E-state index contributed by atoms with van der Waals surface area (Å²) >= 11 is 6.38. The highest BCUT2D eigenvalue weighted by molar-refractivity contribution is 8.93. The molecule has 0 saturated carbocycles. The zero-order valence-corrected chi connectivity index (χ0v) is 14.2. The molecule has 3 aromatic rings. The van der Waals surface area contributed by atoms with Gasteiger partial charge in [-0.2, -0.15) is 0 Å². The number of benzene rings is 1. The molecule has 0 saturated heterocycles. The molecule has 1 unspecified atom stereocenters. The summed E-state index contributed by atoms with van der Waals surface area (Å²) in [6.07, 6.45) is 5.75. The standard InChI is InChI=1S/C17H14ClN3.BrH/c18-14-3-1-4-15-13(14)11-20-17(12-6-8-19-9-7-12)16-5-2-10-21(15)16;/h1-10,17,20H,11H2;1H. The third-order valence-electron chi connectivity index (χ3n) is 3.95. The minimum Gasteiger partial charge on any atom is -0.319 e. The van der Waals surface area contributed by atoms with E-state index in [1.807, 2.05) is 36.7 Å². The van der Waals surface area contributed by atoms with Gasteiger partial charge in [-0.15, -0.1) is 17.0 Å². The van der Waals surface area contributed by atoms with Gasteiger partial charge in [0, 0.05) is 41.4 Å². The number of rotatable bonds is 1. The lowest BCUT2D eigenvalue weighted by Gasteiger charge is -2.17. The van der Waals surface area contributed by atoms with E-state index in [0.717, 1.165) is 22.8 Å². The van der Waals surface area contributed by atoms with Crippen LogP contribution in [0.1, 0.15) is 22.9 Å². The molecule has 0 bridgehead atoms. The van der Waals surface area contributed by atoms with Gasteiger partial charge in [-0.25, -0.2) is 0 Å². The van der Waals surface area contributed by atoms with Crippen LogP contribution in [0, 0.1) is 0 Å². The Balaban J connectivity index is 0.00000144. The van der Waals surface area contributed by atoms with Gasteiger partial charge in [0.05, 0.1) is 11.7 Å². The first kappa shape index (κ1) is 15.3. The monoisotopic (exact) mass is 375 g/mol. The van der Waals surface area contributed by atoms with Crippen LogP contribution >= 0.6 is 28.6 Å². The fourth-order valence-corrected chi connectivity index (χ4v) is 3.19. The van der Waals surface area contributed by atoms with Crippen molar-refractivity contribution in [2.24, 2.45) is 0 Å². The molecule has 0 spiro atoms. The number of fused-ring (bicyclic) bond motifs is 3. The van der Waals surface area contributed by atoms with Crippen molar-refractivity contribution in [2.45, 2.75) is 12.6 Å².